The average molecular weight is 381 g/mol. The highest BCUT2D eigenvalue weighted by Crippen LogP contribution is 2.27. The van der Waals surface area contributed by atoms with E-state index >= 15 is 0 Å². The first kappa shape index (κ1) is 20.4. The van der Waals surface area contributed by atoms with E-state index in [9.17, 15) is 18.0 Å². The molecule has 1 unspecified atom stereocenters. The summed E-state index contributed by atoms with van der Waals surface area (Å²) < 4.78 is 23.5. The molecule has 26 heavy (non-hydrogen) atoms. The molecule has 0 bridgehead atoms. The first-order valence-electron chi connectivity index (χ1n) is 8.88. The van der Waals surface area contributed by atoms with Gasteiger partial charge in [0.15, 0.2) is 9.84 Å². The minimum absolute atomic E-state index is 0.0264. The highest BCUT2D eigenvalue weighted by atomic mass is 32.2. The molecule has 0 aliphatic carbocycles. The average Bonchev–Trinajstić information content (AvgIpc) is 2.91. The van der Waals surface area contributed by atoms with Gasteiger partial charge in [0.2, 0.25) is 11.8 Å². The number of anilines is 1. The number of nitrogens with one attached hydrogen (secondary N) is 1. The lowest BCUT2D eigenvalue weighted by Crippen LogP contribution is -2.51. The summed E-state index contributed by atoms with van der Waals surface area (Å²) >= 11 is 0. The Labute approximate surface area is 155 Å². The number of benzene rings is 1. The Morgan fingerprint density at radius 1 is 1.23 bits per heavy atom. The second-order valence-electron chi connectivity index (χ2n) is 7.53. The van der Waals surface area contributed by atoms with Crippen molar-refractivity contribution in [2.24, 2.45) is 5.41 Å². The maximum absolute atomic E-state index is 13.0. The van der Waals surface area contributed by atoms with Crippen LogP contribution in [0.4, 0.5) is 5.69 Å². The van der Waals surface area contributed by atoms with Gasteiger partial charge < -0.3 is 10.2 Å². The second-order valence-corrected chi connectivity index (χ2v) is 9.75. The van der Waals surface area contributed by atoms with Crippen LogP contribution >= 0.6 is 0 Å². The standard InChI is InChI=1S/C19H28N2O4S/c1-6-21(16-9-10-26(24,25)12-16)18(23)19(4,5)17(22)20-15-8-7-13(2)14(3)11-15/h7-8,11,16H,6,9-10,12H2,1-5H3,(H,20,22). The van der Waals surface area contributed by atoms with Crippen LogP contribution in [-0.4, -0.2) is 49.2 Å². The third-order valence-corrected chi connectivity index (χ3v) is 6.87. The van der Waals surface area contributed by atoms with Crippen LogP contribution in [0, 0.1) is 19.3 Å². The Morgan fingerprint density at radius 3 is 2.38 bits per heavy atom. The minimum Gasteiger partial charge on any atom is -0.338 e. The molecule has 1 saturated heterocycles. The summed E-state index contributed by atoms with van der Waals surface area (Å²) in [6.45, 7) is 9.29. The van der Waals surface area contributed by atoms with E-state index < -0.39 is 21.2 Å². The summed E-state index contributed by atoms with van der Waals surface area (Å²) in [6.07, 6.45) is 0.427. The van der Waals surface area contributed by atoms with E-state index in [0.717, 1.165) is 11.1 Å². The molecule has 7 heteroatoms. The van der Waals surface area contributed by atoms with E-state index in [-0.39, 0.29) is 23.5 Å². The molecular weight excluding hydrogens is 352 g/mol. The van der Waals surface area contributed by atoms with Crippen molar-refractivity contribution in [3.63, 3.8) is 0 Å². The minimum atomic E-state index is -3.10. The highest BCUT2D eigenvalue weighted by Gasteiger charge is 2.43. The van der Waals surface area contributed by atoms with Crippen molar-refractivity contribution in [3.8, 4) is 0 Å². The first-order chi connectivity index (χ1) is 12.0. The summed E-state index contributed by atoms with van der Waals surface area (Å²) in [4.78, 5) is 27.3. The number of sulfone groups is 1. The number of amides is 2. The van der Waals surface area contributed by atoms with Gasteiger partial charge in [-0.25, -0.2) is 8.42 Å². The van der Waals surface area contributed by atoms with Crippen molar-refractivity contribution in [3.05, 3.63) is 29.3 Å². The predicted molar refractivity (Wildman–Crippen MR) is 103 cm³/mol. The summed E-state index contributed by atoms with van der Waals surface area (Å²) in [7, 11) is -3.10. The molecule has 0 radical (unpaired) electrons. The Morgan fingerprint density at radius 2 is 1.88 bits per heavy atom. The zero-order valence-electron chi connectivity index (χ0n) is 16.1. The Balaban J connectivity index is 2.16. The Kier molecular flexibility index (Phi) is 5.80. The third kappa shape index (κ3) is 4.26. The molecule has 0 aromatic heterocycles. The van der Waals surface area contributed by atoms with Crippen LogP contribution < -0.4 is 5.32 Å². The molecule has 1 aromatic rings. The van der Waals surface area contributed by atoms with E-state index in [4.69, 9.17) is 0 Å². The third-order valence-electron chi connectivity index (χ3n) is 5.12. The van der Waals surface area contributed by atoms with Gasteiger partial charge in [0.25, 0.3) is 0 Å². The molecule has 1 aromatic carbocycles. The molecule has 1 atom stereocenters. The molecule has 2 rings (SSSR count). The van der Waals surface area contributed by atoms with Crippen molar-refractivity contribution in [1.29, 1.82) is 0 Å². The van der Waals surface area contributed by atoms with Crippen molar-refractivity contribution >= 4 is 27.3 Å². The van der Waals surface area contributed by atoms with Crippen molar-refractivity contribution in [1.82, 2.24) is 4.90 Å². The highest BCUT2D eigenvalue weighted by molar-refractivity contribution is 7.91. The van der Waals surface area contributed by atoms with Gasteiger partial charge in [-0.3, -0.25) is 9.59 Å². The number of nitrogens with zero attached hydrogens (tertiary/aromatic N) is 1. The van der Waals surface area contributed by atoms with Crippen LogP contribution in [0.15, 0.2) is 18.2 Å². The topological polar surface area (TPSA) is 83.6 Å². The smallest absolute Gasteiger partial charge is 0.239 e. The van der Waals surface area contributed by atoms with E-state index in [1.165, 1.54) is 4.90 Å². The molecule has 144 valence electrons. The summed E-state index contributed by atoms with van der Waals surface area (Å²) in [5.74, 6) is -0.675. The number of aryl methyl sites for hydroxylation is 2. The molecule has 1 aliphatic rings. The molecule has 0 saturated carbocycles. The number of carbonyl (C=O) groups is 2. The zero-order chi connectivity index (χ0) is 19.7. The maximum Gasteiger partial charge on any atom is 0.239 e. The van der Waals surface area contributed by atoms with Gasteiger partial charge in [0.1, 0.15) is 5.41 Å². The summed E-state index contributed by atoms with van der Waals surface area (Å²) in [5.41, 5.74) is 1.53. The fourth-order valence-corrected chi connectivity index (χ4v) is 4.88. The van der Waals surface area contributed by atoms with Crippen LogP contribution in [0.25, 0.3) is 0 Å². The molecule has 2 amide bonds. The molecule has 1 heterocycles. The monoisotopic (exact) mass is 380 g/mol. The van der Waals surface area contributed by atoms with E-state index in [1.807, 2.05) is 32.0 Å². The normalized spacial score (nSPS) is 19.2. The molecule has 1 N–H and O–H groups in total. The molecular formula is C19H28N2O4S. The van der Waals surface area contributed by atoms with Gasteiger partial charge >= 0.3 is 0 Å². The van der Waals surface area contributed by atoms with E-state index in [2.05, 4.69) is 5.32 Å². The van der Waals surface area contributed by atoms with E-state index in [1.54, 1.807) is 20.8 Å². The van der Waals surface area contributed by atoms with Gasteiger partial charge in [-0.05, 0) is 64.3 Å². The van der Waals surface area contributed by atoms with Crippen LogP contribution in [-0.2, 0) is 19.4 Å². The Bertz CT molecular complexity index is 815. The number of hydrogen-bond acceptors (Lipinski definition) is 4. The van der Waals surface area contributed by atoms with Crippen LogP contribution in [0.2, 0.25) is 0 Å². The molecule has 6 nitrogen and oxygen atoms in total. The van der Waals surface area contributed by atoms with Crippen LogP contribution in [0.5, 0.6) is 0 Å². The van der Waals surface area contributed by atoms with Crippen LogP contribution in [0.1, 0.15) is 38.3 Å². The fourth-order valence-electron chi connectivity index (χ4n) is 3.15. The zero-order valence-corrected chi connectivity index (χ0v) is 16.9. The maximum atomic E-state index is 13.0. The van der Waals surface area contributed by atoms with Crippen molar-refractivity contribution < 1.29 is 18.0 Å². The van der Waals surface area contributed by atoms with Crippen LogP contribution in [0.3, 0.4) is 0 Å². The predicted octanol–water partition coefficient (Wildman–Crippen LogP) is 2.30. The SMILES string of the molecule is CCN(C(=O)C(C)(C)C(=O)Nc1ccc(C)c(C)c1)C1CCS(=O)(=O)C1. The van der Waals surface area contributed by atoms with Gasteiger partial charge in [-0.1, -0.05) is 6.07 Å². The Hall–Kier alpha value is -1.89. The number of rotatable bonds is 5. The first-order valence-corrected chi connectivity index (χ1v) is 10.7. The fraction of sp³-hybridized carbons (Fsp3) is 0.579. The summed E-state index contributed by atoms with van der Waals surface area (Å²) in [6, 6.07) is 5.24. The van der Waals surface area contributed by atoms with Crippen molar-refractivity contribution in [2.45, 2.75) is 47.1 Å². The quantitative estimate of drug-likeness (QED) is 0.795. The second kappa shape index (κ2) is 7.39. The lowest BCUT2D eigenvalue weighted by atomic mass is 9.89. The van der Waals surface area contributed by atoms with Gasteiger partial charge in [-0.15, -0.1) is 0 Å². The largest absolute Gasteiger partial charge is 0.338 e. The van der Waals surface area contributed by atoms with Gasteiger partial charge in [-0.2, -0.15) is 0 Å². The number of carbonyl (C=O) groups excluding carboxylic acids is 2. The number of hydrogen-bond donors (Lipinski definition) is 1. The lowest BCUT2D eigenvalue weighted by molar-refractivity contribution is -0.147. The van der Waals surface area contributed by atoms with Crippen molar-refractivity contribution in [2.75, 3.05) is 23.4 Å². The van der Waals surface area contributed by atoms with Gasteiger partial charge in [0.05, 0.1) is 11.5 Å². The van der Waals surface area contributed by atoms with E-state index in [0.29, 0.717) is 18.7 Å². The molecule has 0 spiro atoms. The molecule has 1 aliphatic heterocycles. The molecule has 1 fully saturated rings. The lowest BCUT2D eigenvalue weighted by Gasteiger charge is -2.34. The van der Waals surface area contributed by atoms with Gasteiger partial charge in [0, 0.05) is 18.3 Å². The summed E-state index contributed by atoms with van der Waals surface area (Å²) in [5, 5.41) is 2.81.